The molecule has 0 N–H and O–H groups in total. The Morgan fingerprint density at radius 1 is 1.31 bits per heavy atom. The Hall–Kier alpha value is -0.950. The molecule has 1 heterocycles. The van der Waals surface area contributed by atoms with Crippen LogP contribution in [0.25, 0.3) is 0 Å². The van der Waals surface area contributed by atoms with Gasteiger partial charge in [-0.3, -0.25) is 9.59 Å². The second-order valence-electron chi connectivity index (χ2n) is 2.50. The average molecular weight is 207 g/mol. The van der Waals surface area contributed by atoms with Gasteiger partial charge in [0.1, 0.15) is 0 Å². The molecule has 6 nitrogen and oxygen atoms in total. The van der Waals surface area contributed by atoms with Crippen molar-refractivity contribution < 1.29 is 22.3 Å². The summed E-state index contributed by atoms with van der Waals surface area (Å²) in [5, 5.41) is 0.318. The number of carbonyl (C=O) groups is 2. The summed E-state index contributed by atoms with van der Waals surface area (Å²) in [7, 11) is -3.78. The van der Waals surface area contributed by atoms with E-state index in [2.05, 4.69) is 4.28 Å². The number of nitrogens with zero attached hydrogens (tertiary/aromatic N) is 1. The minimum atomic E-state index is -3.78. The molecule has 1 fully saturated rings. The van der Waals surface area contributed by atoms with Crippen molar-refractivity contribution in [1.82, 2.24) is 5.06 Å². The summed E-state index contributed by atoms with van der Waals surface area (Å²) in [6, 6.07) is 0. The highest BCUT2D eigenvalue weighted by Crippen LogP contribution is 2.14. The van der Waals surface area contributed by atoms with Crippen molar-refractivity contribution in [3.8, 4) is 0 Å². The highest BCUT2D eigenvalue weighted by Gasteiger charge is 2.33. The molecule has 0 aromatic carbocycles. The maximum atomic E-state index is 10.9. The van der Waals surface area contributed by atoms with Gasteiger partial charge >= 0.3 is 0 Å². The van der Waals surface area contributed by atoms with Crippen LogP contribution in [0.3, 0.4) is 0 Å². The molecule has 1 aliphatic rings. The smallest absolute Gasteiger partial charge is 0.272 e. The molecule has 7 heteroatoms. The van der Waals surface area contributed by atoms with E-state index in [1.54, 1.807) is 0 Å². The van der Waals surface area contributed by atoms with Crippen LogP contribution in [0.4, 0.5) is 0 Å². The van der Waals surface area contributed by atoms with E-state index < -0.39 is 21.9 Å². The zero-order valence-electron chi connectivity index (χ0n) is 7.02. The van der Waals surface area contributed by atoms with Gasteiger partial charge in [-0.15, -0.1) is 9.35 Å². The molecule has 0 aliphatic carbocycles. The lowest BCUT2D eigenvalue weighted by Gasteiger charge is -2.11. The van der Waals surface area contributed by atoms with E-state index in [-0.39, 0.29) is 18.6 Å². The van der Waals surface area contributed by atoms with Crippen molar-refractivity contribution in [3.63, 3.8) is 0 Å². The largest absolute Gasteiger partial charge is 0.288 e. The minimum Gasteiger partial charge on any atom is -0.272 e. The van der Waals surface area contributed by atoms with Crippen molar-refractivity contribution in [1.29, 1.82) is 0 Å². The van der Waals surface area contributed by atoms with Gasteiger partial charge in [0.25, 0.3) is 21.9 Å². The van der Waals surface area contributed by atoms with Crippen molar-refractivity contribution in [3.05, 3.63) is 0 Å². The van der Waals surface area contributed by atoms with Gasteiger partial charge in [-0.1, -0.05) is 0 Å². The quantitative estimate of drug-likeness (QED) is 0.578. The van der Waals surface area contributed by atoms with Gasteiger partial charge in [0.05, 0.1) is 5.75 Å². The Labute approximate surface area is 75.5 Å². The summed E-state index contributed by atoms with van der Waals surface area (Å²) in [6.45, 7) is 1.36. The third-order valence-corrected chi connectivity index (χ3v) is 2.63. The first-order chi connectivity index (χ1) is 5.96. The van der Waals surface area contributed by atoms with E-state index in [0.717, 1.165) is 0 Å². The van der Waals surface area contributed by atoms with Gasteiger partial charge in [0.15, 0.2) is 0 Å². The molecule has 0 aromatic heterocycles. The maximum Gasteiger partial charge on any atom is 0.288 e. The van der Waals surface area contributed by atoms with Crippen molar-refractivity contribution in [2.45, 2.75) is 19.8 Å². The number of imide groups is 1. The van der Waals surface area contributed by atoms with Gasteiger partial charge in [-0.2, -0.15) is 8.42 Å². The topological polar surface area (TPSA) is 80.8 Å². The van der Waals surface area contributed by atoms with Crippen LogP contribution in [0, 0.1) is 0 Å². The first-order valence-electron chi connectivity index (χ1n) is 3.74. The number of rotatable bonds is 3. The number of hydrogen-bond acceptors (Lipinski definition) is 5. The van der Waals surface area contributed by atoms with Crippen LogP contribution in [-0.2, 0) is 24.0 Å². The van der Waals surface area contributed by atoms with Crippen molar-refractivity contribution >= 4 is 21.9 Å². The number of carbonyl (C=O) groups excluding carboxylic acids is 2. The van der Waals surface area contributed by atoms with E-state index in [1.807, 2.05) is 0 Å². The lowest BCUT2D eigenvalue weighted by molar-refractivity contribution is -0.163. The third-order valence-electron chi connectivity index (χ3n) is 1.55. The minimum absolute atomic E-state index is 0.0120. The molecule has 0 bridgehead atoms. The van der Waals surface area contributed by atoms with Gasteiger partial charge in [-0.25, -0.2) is 0 Å². The molecular formula is C6H9NO5S. The van der Waals surface area contributed by atoms with Crippen molar-refractivity contribution in [2.24, 2.45) is 0 Å². The lowest BCUT2D eigenvalue weighted by Crippen LogP contribution is -2.32. The molecule has 0 unspecified atom stereocenters. The molecule has 74 valence electrons. The fraction of sp³-hybridized carbons (Fsp3) is 0.667. The van der Waals surface area contributed by atoms with E-state index in [0.29, 0.717) is 5.06 Å². The number of hydroxylamine groups is 2. The highest BCUT2D eigenvalue weighted by molar-refractivity contribution is 7.86. The van der Waals surface area contributed by atoms with Gasteiger partial charge < -0.3 is 0 Å². The van der Waals surface area contributed by atoms with Gasteiger partial charge in [0.2, 0.25) is 0 Å². The van der Waals surface area contributed by atoms with Crippen LogP contribution >= 0.6 is 0 Å². The summed E-state index contributed by atoms with van der Waals surface area (Å²) >= 11 is 0. The third kappa shape index (κ3) is 2.25. The maximum absolute atomic E-state index is 10.9. The van der Waals surface area contributed by atoms with Crippen molar-refractivity contribution in [2.75, 3.05) is 5.75 Å². The first-order valence-corrected chi connectivity index (χ1v) is 5.32. The second kappa shape index (κ2) is 3.43. The zero-order valence-corrected chi connectivity index (χ0v) is 7.83. The van der Waals surface area contributed by atoms with Crippen LogP contribution in [0.5, 0.6) is 0 Å². The SMILES string of the molecule is CCS(=O)(=O)ON1C(=O)CCC1=O. The highest BCUT2D eigenvalue weighted by atomic mass is 32.2. The summed E-state index contributed by atoms with van der Waals surface area (Å²) in [4.78, 5) is 21.8. The van der Waals surface area contributed by atoms with Gasteiger partial charge in [-0.05, 0) is 6.92 Å². The molecule has 1 aliphatic heterocycles. The standard InChI is InChI=1S/C6H9NO5S/c1-2-13(10,11)12-7-5(8)3-4-6(7)9/h2-4H2,1H3. The normalized spacial score (nSPS) is 18.4. The molecule has 0 radical (unpaired) electrons. The lowest BCUT2D eigenvalue weighted by atomic mass is 10.4. The number of hydrogen-bond donors (Lipinski definition) is 0. The zero-order chi connectivity index (χ0) is 10.1. The van der Waals surface area contributed by atoms with Crippen LogP contribution in [0.1, 0.15) is 19.8 Å². The molecule has 1 saturated heterocycles. The molecule has 1 rings (SSSR count). The summed E-state index contributed by atoms with van der Waals surface area (Å²) in [5.74, 6) is -1.49. The molecule has 13 heavy (non-hydrogen) atoms. The van der Waals surface area contributed by atoms with Crippen LogP contribution in [-0.4, -0.2) is 31.0 Å². The molecular weight excluding hydrogens is 198 g/mol. The monoisotopic (exact) mass is 207 g/mol. The summed E-state index contributed by atoms with van der Waals surface area (Å²) in [6.07, 6.45) is 0.0239. The Kier molecular flexibility index (Phi) is 2.67. The predicted octanol–water partition coefficient (Wildman–Crippen LogP) is -0.583. The summed E-state index contributed by atoms with van der Waals surface area (Å²) in [5.41, 5.74) is 0. The Bertz CT molecular complexity index is 317. The van der Waals surface area contributed by atoms with E-state index >= 15 is 0 Å². The van der Waals surface area contributed by atoms with Crippen LogP contribution in [0.2, 0.25) is 0 Å². The van der Waals surface area contributed by atoms with E-state index in [9.17, 15) is 18.0 Å². The van der Waals surface area contributed by atoms with Crippen LogP contribution in [0.15, 0.2) is 0 Å². The van der Waals surface area contributed by atoms with E-state index in [4.69, 9.17) is 0 Å². The molecule has 0 aromatic rings. The fourth-order valence-electron chi connectivity index (χ4n) is 0.805. The second-order valence-corrected chi connectivity index (χ2v) is 4.34. The van der Waals surface area contributed by atoms with Gasteiger partial charge in [0, 0.05) is 12.8 Å². The molecule has 0 atom stereocenters. The first kappa shape index (κ1) is 10.1. The molecule has 0 saturated carbocycles. The average Bonchev–Trinajstić information content (AvgIpc) is 2.36. The number of amides is 2. The molecule has 0 spiro atoms. The van der Waals surface area contributed by atoms with Crippen LogP contribution < -0.4 is 0 Å². The molecule has 2 amide bonds. The summed E-state index contributed by atoms with van der Waals surface area (Å²) < 4.78 is 26.0. The fourth-order valence-corrected chi connectivity index (χ4v) is 1.30. The van der Waals surface area contributed by atoms with E-state index in [1.165, 1.54) is 6.92 Å². The predicted molar refractivity (Wildman–Crippen MR) is 41.6 cm³/mol. The Balaban J connectivity index is 2.74. The Morgan fingerprint density at radius 2 is 1.77 bits per heavy atom. The Morgan fingerprint density at radius 3 is 2.15 bits per heavy atom.